The number of anilines is 1. The van der Waals surface area contributed by atoms with E-state index in [1.54, 1.807) is 24.3 Å². The zero-order valence-corrected chi connectivity index (χ0v) is 15.6. The third-order valence-electron chi connectivity index (χ3n) is 4.00. The number of imide groups is 1. The van der Waals surface area contributed by atoms with Crippen LogP contribution in [0.15, 0.2) is 42.5 Å². The summed E-state index contributed by atoms with van der Waals surface area (Å²) in [6.45, 7) is 1.40. The zero-order valence-electron chi connectivity index (χ0n) is 13.4. The fourth-order valence-corrected chi connectivity index (χ4v) is 3.05. The molecule has 0 saturated carbocycles. The van der Waals surface area contributed by atoms with Crippen LogP contribution < -0.4 is 5.32 Å². The van der Waals surface area contributed by atoms with Crippen LogP contribution in [0.4, 0.5) is 11.4 Å². The van der Waals surface area contributed by atoms with Gasteiger partial charge in [-0.25, -0.2) is 0 Å². The van der Waals surface area contributed by atoms with E-state index >= 15 is 0 Å². The van der Waals surface area contributed by atoms with Crippen molar-refractivity contribution in [2.24, 2.45) is 0 Å². The summed E-state index contributed by atoms with van der Waals surface area (Å²) in [6.07, 6.45) is 0. The van der Waals surface area contributed by atoms with Gasteiger partial charge in [0.2, 0.25) is 5.91 Å². The molecule has 0 fully saturated rings. The molecular weight excluding hydrogens is 453 g/mol. The van der Waals surface area contributed by atoms with E-state index in [0.717, 1.165) is 14.5 Å². The van der Waals surface area contributed by atoms with Crippen molar-refractivity contribution >= 4 is 51.7 Å². The minimum absolute atomic E-state index is 0.0712. The third kappa shape index (κ3) is 3.05. The Labute approximate surface area is 161 Å². The SMILES string of the molecule is CC(C(=O)Nc1ccc(I)cc1)N1C(=O)c2cccc([N+](=O)[O-])c2C1=O. The minimum Gasteiger partial charge on any atom is -0.324 e. The highest BCUT2D eigenvalue weighted by atomic mass is 127. The van der Waals surface area contributed by atoms with Crippen LogP contribution in [-0.4, -0.2) is 33.6 Å². The number of nitro benzene ring substituents is 1. The van der Waals surface area contributed by atoms with Gasteiger partial charge in [-0.05, 0) is 59.8 Å². The number of hydrogen-bond acceptors (Lipinski definition) is 5. The fraction of sp³-hybridized carbons (Fsp3) is 0.118. The molecule has 1 aliphatic rings. The molecule has 1 atom stereocenters. The number of fused-ring (bicyclic) bond motifs is 1. The van der Waals surface area contributed by atoms with Gasteiger partial charge in [-0.3, -0.25) is 29.4 Å². The van der Waals surface area contributed by atoms with Crippen LogP contribution in [0.2, 0.25) is 0 Å². The summed E-state index contributed by atoms with van der Waals surface area (Å²) in [5.74, 6) is -2.13. The first kappa shape index (κ1) is 18.0. The van der Waals surface area contributed by atoms with Gasteiger partial charge in [0.15, 0.2) is 0 Å². The van der Waals surface area contributed by atoms with Crippen molar-refractivity contribution in [2.75, 3.05) is 5.32 Å². The Bertz CT molecular complexity index is 942. The number of carbonyl (C=O) groups excluding carboxylic acids is 3. The predicted molar refractivity (Wildman–Crippen MR) is 101 cm³/mol. The average Bonchev–Trinajstić information content (AvgIpc) is 2.87. The first-order chi connectivity index (χ1) is 12.3. The molecule has 0 spiro atoms. The van der Waals surface area contributed by atoms with Crippen LogP contribution in [0.5, 0.6) is 0 Å². The summed E-state index contributed by atoms with van der Waals surface area (Å²) >= 11 is 2.12. The summed E-state index contributed by atoms with van der Waals surface area (Å²) in [4.78, 5) is 48.7. The van der Waals surface area contributed by atoms with E-state index in [1.807, 2.05) is 0 Å². The average molecular weight is 465 g/mol. The van der Waals surface area contributed by atoms with E-state index in [-0.39, 0.29) is 11.1 Å². The number of amides is 3. The second-order valence-electron chi connectivity index (χ2n) is 5.61. The van der Waals surface area contributed by atoms with E-state index in [0.29, 0.717) is 5.69 Å². The predicted octanol–water partition coefficient (Wildman–Crippen LogP) is 2.82. The molecule has 3 rings (SSSR count). The fourth-order valence-electron chi connectivity index (χ4n) is 2.69. The quantitative estimate of drug-likeness (QED) is 0.323. The molecule has 0 saturated heterocycles. The number of nitrogens with zero attached hydrogens (tertiary/aromatic N) is 2. The highest BCUT2D eigenvalue weighted by molar-refractivity contribution is 14.1. The molecule has 8 nitrogen and oxygen atoms in total. The van der Waals surface area contributed by atoms with Crippen molar-refractivity contribution < 1.29 is 19.3 Å². The molecule has 3 amide bonds. The largest absolute Gasteiger partial charge is 0.324 e. The molecule has 1 N–H and O–H groups in total. The first-order valence-corrected chi connectivity index (χ1v) is 8.61. The van der Waals surface area contributed by atoms with Crippen LogP contribution in [0, 0.1) is 13.7 Å². The molecule has 1 unspecified atom stereocenters. The molecule has 2 aromatic rings. The maximum Gasteiger partial charge on any atom is 0.282 e. The Morgan fingerprint density at radius 1 is 1.15 bits per heavy atom. The third-order valence-corrected chi connectivity index (χ3v) is 4.72. The lowest BCUT2D eigenvalue weighted by molar-refractivity contribution is -0.385. The summed E-state index contributed by atoms with van der Waals surface area (Å²) < 4.78 is 0.987. The van der Waals surface area contributed by atoms with E-state index < -0.39 is 34.4 Å². The summed E-state index contributed by atoms with van der Waals surface area (Å²) in [7, 11) is 0. The number of nitrogens with one attached hydrogen (secondary N) is 1. The van der Waals surface area contributed by atoms with E-state index in [9.17, 15) is 24.5 Å². The Morgan fingerprint density at radius 2 is 1.81 bits per heavy atom. The number of benzene rings is 2. The summed E-state index contributed by atoms with van der Waals surface area (Å²) in [5, 5.41) is 13.8. The van der Waals surface area contributed by atoms with Crippen molar-refractivity contribution in [1.29, 1.82) is 0 Å². The van der Waals surface area contributed by atoms with E-state index in [4.69, 9.17) is 0 Å². The zero-order chi connectivity index (χ0) is 19.0. The number of rotatable bonds is 4. The van der Waals surface area contributed by atoms with Crippen LogP contribution in [-0.2, 0) is 4.79 Å². The van der Waals surface area contributed by atoms with Crippen molar-refractivity contribution in [3.05, 3.63) is 67.3 Å². The molecule has 132 valence electrons. The van der Waals surface area contributed by atoms with Crippen LogP contribution >= 0.6 is 22.6 Å². The van der Waals surface area contributed by atoms with Crippen molar-refractivity contribution in [1.82, 2.24) is 4.90 Å². The van der Waals surface area contributed by atoms with Gasteiger partial charge >= 0.3 is 0 Å². The number of carbonyl (C=O) groups is 3. The van der Waals surface area contributed by atoms with Gasteiger partial charge in [0.1, 0.15) is 11.6 Å². The molecule has 26 heavy (non-hydrogen) atoms. The second kappa shape index (κ2) is 6.83. The maximum absolute atomic E-state index is 12.6. The molecule has 1 aliphatic heterocycles. The molecule has 0 aromatic heterocycles. The number of hydrogen-bond donors (Lipinski definition) is 1. The summed E-state index contributed by atoms with van der Waals surface area (Å²) in [6, 6.07) is 9.69. The van der Waals surface area contributed by atoms with E-state index in [1.165, 1.54) is 19.1 Å². The standard InChI is InChI=1S/C17H12IN3O5/c1-9(15(22)19-11-7-5-10(18)6-8-11)20-16(23)12-3-2-4-13(21(25)26)14(12)17(20)24/h2-9H,1H3,(H,19,22). The Balaban J connectivity index is 1.87. The van der Waals surface area contributed by atoms with E-state index in [2.05, 4.69) is 27.9 Å². The molecule has 0 aliphatic carbocycles. The Morgan fingerprint density at radius 3 is 2.42 bits per heavy atom. The smallest absolute Gasteiger partial charge is 0.282 e. The van der Waals surface area contributed by atoms with Crippen LogP contribution in [0.25, 0.3) is 0 Å². The van der Waals surface area contributed by atoms with Gasteiger partial charge in [-0.1, -0.05) is 6.07 Å². The number of nitro groups is 1. The molecule has 0 bridgehead atoms. The molecule has 2 aromatic carbocycles. The molecule has 9 heteroatoms. The first-order valence-electron chi connectivity index (χ1n) is 7.53. The van der Waals surface area contributed by atoms with Gasteiger partial charge < -0.3 is 5.32 Å². The highest BCUT2D eigenvalue weighted by Crippen LogP contribution is 2.32. The van der Waals surface area contributed by atoms with Gasteiger partial charge in [-0.2, -0.15) is 0 Å². The monoisotopic (exact) mass is 465 g/mol. The Kier molecular flexibility index (Phi) is 4.72. The van der Waals surface area contributed by atoms with Crippen LogP contribution in [0.3, 0.4) is 0 Å². The minimum atomic E-state index is -1.12. The van der Waals surface area contributed by atoms with Gasteiger partial charge in [0, 0.05) is 15.3 Å². The highest BCUT2D eigenvalue weighted by Gasteiger charge is 2.44. The van der Waals surface area contributed by atoms with Crippen molar-refractivity contribution in [2.45, 2.75) is 13.0 Å². The maximum atomic E-state index is 12.6. The molecular formula is C17H12IN3O5. The molecule has 0 radical (unpaired) electrons. The van der Waals surface area contributed by atoms with Crippen LogP contribution in [0.1, 0.15) is 27.6 Å². The lowest BCUT2D eigenvalue weighted by Gasteiger charge is -2.21. The lowest BCUT2D eigenvalue weighted by Crippen LogP contribution is -2.45. The molecule has 1 heterocycles. The van der Waals surface area contributed by atoms with Gasteiger partial charge in [0.05, 0.1) is 10.5 Å². The number of halogens is 1. The normalized spacial score (nSPS) is 14.2. The topological polar surface area (TPSA) is 110 Å². The lowest BCUT2D eigenvalue weighted by atomic mass is 10.1. The summed E-state index contributed by atoms with van der Waals surface area (Å²) in [5.41, 5.74) is -0.284. The van der Waals surface area contributed by atoms with Crippen molar-refractivity contribution in [3.8, 4) is 0 Å². The van der Waals surface area contributed by atoms with Gasteiger partial charge in [-0.15, -0.1) is 0 Å². The van der Waals surface area contributed by atoms with Gasteiger partial charge in [0.25, 0.3) is 17.5 Å². The second-order valence-corrected chi connectivity index (χ2v) is 6.85. The Hall–Kier alpha value is -2.82. The van der Waals surface area contributed by atoms with Crippen molar-refractivity contribution in [3.63, 3.8) is 0 Å².